The molecule has 1 heterocycles. The van der Waals surface area contributed by atoms with Gasteiger partial charge in [0.1, 0.15) is 0 Å². The molecular weight excluding hydrogens is 137 g/mol. The summed E-state index contributed by atoms with van der Waals surface area (Å²) < 4.78 is 17.2. The fraction of sp³-hybridized carbons (Fsp3) is 0.333. The first-order chi connectivity index (χ1) is 4.69. The Bertz CT molecular complexity index is 198. The Balaban J connectivity index is 2.79. The Kier molecular flexibility index (Phi) is 1.53. The number of methoxy groups -OCH3 is 1. The van der Waals surface area contributed by atoms with Crippen molar-refractivity contribution in [1.29, 1.82) is 0 Å². The second-order valence-electron chi connectivity index (χ2n) is 1.85. The Hall–Kier alpha value is -1.19. The molecule has 0 amide bonds. The highest BCUT2D eigenvalue weighted by molar-refractivity contribution is 6.02. The number of ether oxygens (including phenoxy) is 1. The number of carbonyl (C=O) groups is 1. The summed E-state index contributed by atoms with van der Waals surface area (Å²) >= 11 is 0. The van der Waals surface area contributed by atoms with Crippen LogP contribution in [-0.2, 0) is 9.53 Å². The van der Waals surface area contributed by atoms with Crippen LogP contribution in [0.4, 0.5) is 4.39 Å². The first-order valence-electron chi connectivity index (χ1n) is 2.68. The van der Waals surface area contributed by atoms with Crippen LogP contribution in [0.15, 0.2) is 17.3 Å². The van der Waals surface area contributed by atoms with Gasteiger partial charge in [0.15, 0.2) is 0 Å². The Labute approximate surface area is 57.2 Å². The van der Waals surface area contributed by atoms with Crippen LogP contribution in [0.25, 0.3) is 0 Å². The van der Waals surface area contributed by atoms with Crippen molar-refractivity contribution in [3.63, 3.8) is 0 Å². The van der Waals surface area contributed by atoms with Crippen molar-refractivity contribution in [2.24, 2.45) is 4.99 Å². The average Bonchev–Trinajstić information content (AvgIpc) is 2.36. The third-order valence-electron chi connectivity index (χ3n) is 1.16. The van der Waals surface area contributed by atoms with Crippen molar-refractivity contribution >= 4 is 12.2 Å². The van der Waals surface area contributed by atoms with Crippen molar-refractivity contribution in [2.45, 2.75) is 5.67 Å². The molecule has 1 unspecified atom stereocenters. The summed E-state index contributed by atoms with van der Waals surface area (Å²) in [5, 5.41) is 0. The molecule has 1 aliphatic rings. The standard InChI is InChI=1S/C6H6FNO2/c1-10-5(9)6(7)2-3-8-4-6/h2-4H,1H3. The highest BCUT2D eigenvalue weighted by Gasteiger charge is 2.37. The van der Waals surface area contributed by atoms with E-state index in [1.807, 2.05) is 0 Å². The van der Waals surface area contributed by atoms with Gasteiger partial charge in [-0.05, 0) is 6.08 Å². The van der Waals surface area contributed by atoms with Gasteiger partial charge < -0.3 is 4.74 Å². The summed E-state index contributed by atoms with van der Waals surface area (Å²) in [6, 6.07) is 0. The van der Waals surface area contributed by atoms with Crippen LogP contribution in [0.5, 0.6) is 0 Å². The SMILES string of the molecule is COC(=O)C1(F)C=CN=C1. The molecule has 0 aromatic heterocycles. The van der Waals surface area contributed by atoms with Crippen molar-refractivity contribution in [3.05, 3.63) is 12.3 Å². The van der Waals surface area contributed by atoms with E-state index in [2.05, 4.69) is 9.73 Å². The summed E-state index contributed by atoms with van der Waals surface area (Å²) in [7, 11) is 1.13. The average molecular weight is 143 g/mol. The number of hydrogen-bond donors (Lipinski definition) is 0. The van der Waals surface area contributed by atoms with E-state index in [1.54, 1.807) is 0 Å². The Morgan fingerprint density at radius 3 is 2.90 bits per heavy atom. The third kappa shape index (κ3) is 0.920. The zero-order valence-electron chi connectivity index (χ0n) is 5.37. The number of aliphatic imine (C=N–C) groups is 1. The fourth-order valence-electron chi connectivity index (χ4n) is 0.623. The van der Waals surface area contributed by atoms with Gasteiger partial charge in [-0.2, -0.15) is 0 Å². The Morgan fingerprint density at radius 1 is 1.80 bits per heavy atom. The minimum Gasteiger partial charge on any atom is -0.466 e. The smallest absolute Gasteiger partial charge is 0.353 e. The molecule has 1 atom stereocenters. The summed E-state index contributed by atoms with van der Waals surface area (Å²) in [5.41, 5.74) is -2.13. The molecule has 0 fully saturated rings. The van der Waals surface area contributed by atoms with Gasteiger partial charge >= 0.3 is 5.97 Å². The molecule has 54 valence electrons. The number of halogens is 1. The Morgan fingerprint density at radius 2 is 2.50 bits per heavy atom. The van der Waals surface area contributed by atoms with Gasteiger partial charge in [-0.25, -0.2) is 9.18 Å². The summed E-state index contributed by atoms with van der Waals surface area (Å²) in [6.45, 7) is 0. The van der Waals surface area contributed by atoms with Gasteiger partial charge in [-0.3, -0.25) is 4.99 Å². The summed E-state index contributed by atoms with van der Waals surface area (Å²) in [6.07, 6.45) is 3.16. The first kappa shape index (κ1) is 6.92. The topological polar surface area (TPSA) is 38.7 Å². The number of carbonyl (C=O) groups excluding carboxylic acids is 1. The van der Waals surface area contributed by atoms with Crippen molar-refractivity contribution in [3.8, 4) is 0 Å². The maximum atomic E-state index is 13.0. The predicted molar refractivity (Wildman–Crippen MR) is 33.5 cm³/mol. The van der Waals surface area contributed by atoms with Crippen LogP contribution in [0.2, 0.25) is 0 Å². The molecule has 10 heavy (non-hydrogen) atoms. The maximum Gasteiger partial charge on any atom is 0.353 e. The lowest BCUT2D eigenvalue weighted by Gasteiger charge is -2.08. The first-order valence-corrected chi connectivity index (χ1v) is 2.68. The molecule has 3 nitrogen and oxygen atoms in total. The van der Waals surface area contributed by atoms with Gasteiger partial charge in [0, 0.05) is 6.20 Å². The van der Waals surface area contributed by atoms with Gasteiger partial charge in [-0.1, -0.05) is 0 Å². The molecule has 0 aromatic rings. The molecule has 0 bridgehead atoms. The van der Waals surface area contributed by atoms with Crippen LogP contribution in [0, 0.1) is 0 Å². The third-order valence-corrected chi connectivity index (χ3v) is 1.16. The second kappa shape index (κ2) is 2.21. The number of nitrogens with zero attached hydrogens (tertiary/aromatic N) is 1. The normalized spacial score (nSPS) is 29.0. The molecule has 4 heteroatoms. The van der Waals surface area contributed by atoms with Crippen LogP contribution in [0.3, 0.4) is 0 Å². The lowest BCUT2D eigenvalue weighted by Crippen LogP contribution is -2.32. The highest BCUT2D eigenvalue weighted by Crippen LogP contribution is 2.16. The van der Waals surface area contributed by atoms with E-state index in [4.69, 9.17) is 0 Å². The second-order valence-corrected chi connectivity index (χ2v) is 1.85. The quantitative estimate of drug-likeness (QED) is 0.500. The maximum absolute atomic E-state index is 13.0. The summed E-state index contributed by atoms with van der Waals surface area (Å²) in [4.78, 5) is 14.0. The molecule has 0 aliphatic carbocycles. The molecule has 0 spiro atoms. The molecule has 1 aliphatic heterocycles. The molecular formula is C6H6FNO2. The molecule has 0 saturated carbocycles. The van der Waals surface area contributed by atoms with Gasteiger partial charge in [0.25, 0.3) is 5.67 Å². The largest absolute Gasteiger partial charge is 0.466 e. The van der Waals surface area contributed by atoms with E-state index >= 15 is 0 Å². The van der Waals surface area contributed by atoms with E-state index in [9.17, 15) is 9.18 Å². The lowest BCUT2D eigenvalue weighted by molar-refractivity contribution is -0.147. The molecule has 0 radical (unpaired) electrons. The minimum absolute atomic E-state index is 0.902. The summed E-state index contributed by atoms with van der Waals surface area (Å²) in [5.74, 6) is -0.940. The van der Waals surface area contributed by atoms with E-state index in [-0.39, 0.29) is 0 Å². The minimum atomic E-state index is -2.13. The monoisotopic (exact) mass is 143 g/mol. The van der Waals surface area contributed by atoms with E-state index in [1.165, 1.54) is 6.20 Å². The van der Waals surface area contributed by atoms with Gasteiger partial charge in [0.2, 0.25) is 0 Å². The molecule has 0 aromatic carbocycles. The lowest BCUT2D eigenvalue weighted by atomic mass is 10.1. The van der Waals surface area contributed by atoms with Crippen LogP contribution < -0.4 is 0 Å². The fourth-order valence-corrected chi connectivity index (χ4v) is 0.623. The van der Waals surface area contributed by atoms with E-state index in [0.717, 1.165) is 19.4 Å². The number of hydrogen-bond acceptors (Lipinski definition) is 3. The number of alkyl halides is 1. The number of rotatable bonds is 1. The van der Waals surface area contributed by atoms with Gasteiger partial charge in [-0.15, -0.1) is 0 Å². The highest BCUT2D eigenvalue weighted by atomic mass is 19.1. The van der Waals surface area contributed by atoms with Crippen molar-refractivity contribution < 1.29 is 13.9 Å². The van der Waals surface area contributed by atoms with Crippen LogP contribution in [-0.4, -0.2) is 25.0 Å². The van der Waals surface area contributed by atoms with Gasteiger partial charge in [0.05, 0.1) is 13.3 Å². The molecule has 0 saturated heterocycles. The molecule has 0 N–H and O–H groups in total. The van der Waals surface area contributed by atoms with Crippen molar-refractivity contribution in [1.82, 2.24) is 0 Å². The van der Waals surface area contributed by atoms with E-state index in [0.29, 0.717) is 0 Å². The molecule has 1 rings (SSSR count). The number of esters is 1. The zero-order chi connectivity index (χ0) is 7.61. The van der Waals surface area contributed by atoms with Crippen LogP contribution >= 0.6 is 0 Å². The van der Waals surface area contributed by atoms with Crippen LogP contribution in [0.1, 0.15) is 0 Å². The van der Waals surface area contributed by atoms with Crippen molar-refractivity contribution in [2.75, 3.05) is 7.11 Å². The predicted octanol–water partition coefficient (Wildman–Crippen LogP) is 0.466. The van der Waals surface area contributed by atoms with E-state index < -0.39 is 11.6 Å². The zero-order valence-corrected chi connectivity index (χ0v) is 5.37.